The zero-order chi connectivity index (χ0) is 15.6. The van der Waals surface area contributed by atoms with Gasteiger partial charge < -0.3 is 14.8 Å². The Morgan fingerprint density at radius 3 is 2.38 bits per heavy atom. The molecule has 2 rings (SSSR count). The van der Waals surface area contributed by atoms with Crippen molar-refractivity contribution in [2.45, 2.75) is 18.4 Å². The van der Waals surface area contributed by atoms with Crippen LogP contribution in [0.15, 0.2) is 41.4 Å². The van der Waals surface area contributed by atoms with Gasteiger partial charge in [-0.3, -0.25) is 4.72 Å². The van der Waals surface area contributed by atoms with Gasteiger partial charge in [-0.15, -0.1) is 0 Å². The Balaban J connectivity index is 2.35. The quantitative estimate of drug-likeness (QED) is 0.728. The molecule has 0 fully saturated rings. The number of aromatic hydroxyl groups is 1. The maximum atomic E-state index is 12.2. The van der Waals surface area contributed by atoms with Gasteiger partial charge in [0.1, 0.15) is 16.3 Å². The predicted molar refractivity (Wildman–Crippen MR) is 76.0 cm³/mol. The lowest BCUT2D eigenvalue weighted by atomic mass is 10.3. The van der Waals surface area contributed by atoms with Crippen LogP contribution in [0.25, 0.3) is 0 Å². The summed E-state index contributed by atoms with van der Waals surface area (Å²) in [5.74, 6) is -1.17. The summed E-state index contributed by atoms with van der Waals surface area (Å²) in [6, 6.07) is 6.60. The van der Waals surface area contributed by atoms with E-state index in [4.69, 9.17) is 10.2 Å². The summed E-state index contributed by atoms with van der Waals surface area (Å²) < 4.78 is 28.1. The summed E-state index contributed by atoms with van der Waals surface area (Å²) in [6.07, 6.45) is 1.27. The first-order valence-electron chi connectivity index (χ1n) is 6.09. The van der Waals surface area contributed by atoms with Crippen molar-refractivity contribution in [3.63, 3.8) is 0 Å². The van der Waals surface area contributed by atoms with Crippen LogP contribution in [0.4, 0.5) is 5.69 Å². The Morgan fingerprint density at radius 2 is 1.90 bits per heavy atom. The molecule has 0 saturated carbocycles. The lowest BCUT2D eigenvalue weighted by molar-refractivity contribution is 0.0685. The highest BCUT2D eigenvalue weighted by Crippen LogP contribution is 2.20. The zero-order valence-electron chi connectivity index (χ0n) is 11.1. The van der Waals surface area contributed by atoms with E-state index in [0.29, 0.717) is 6.54 Å². The standard InChI is InChI=1S/C13H14N2O5S/c1-2-15-8-11(7-12(15)13(17)18)21(19,20)14-9-3-5-10(16)6-4-9/h3-8,14,16H,2H2,1H3,(H,17,18). The molecule has 112 valence electrons. The molecule has 7 nitrogen and oxygen atoms in total. The molecule has 0 spiro atoms. The Morgan fingerprint density at radius 1 is 1.29 bits per heavy atom. The second kappa shape index (κ2) is 5.49. The van der Waals surface area contributed by atoms with Crippen LogP contribution in [-0.2, 0) is 16.6 Å². The summed E-state index contributed by atoms with van der Waals surface area (Å²) in [4.78, 5) is 10.9. The van der Waals surface area contributed by atoms with Gasteiger partial charge in [0, 0.05) is 18.4 Å². The summed E-state index contributed by atoms with van der Waals surface area (Å²) in [6.45, 7) is 2.06. The van der Waals surface area contributed by atoms with Crippen LogP contribution in [0.1, 0.15) is 17.4 Å². The van der Waals surface area contributed by atoms with Crippen molar-refractivity contribution in [2.75, 3.05) is 4.72 Å². The smallest absolute Gasteiger partial charge is 0.352 e. The number of phenolic OH excluding ortho intramolecular Hbond substituents is 1. The first kappa shape index (κ1) is 14.9. The highest BCUT2D eigenvalue weighted by Gasteiger charge is 2.21. The minimum atomic E-state index is -3.89. The second-order valence-corrected chi connectivity index (χ2v) is 5.99. The van der Waals surface area contributed by atoms with Crippen molar-refractivity contribution in [3.8, 4) is 5.75 Å². The van der Waals surface area contributed by atoms with Crippen molar-refractivity contribution < 1.29 is 23.4 Å². The predicted octanol–water partition coefficient (Wildman–Crippen LogP) is 1.71. The first-order valence-corrected chi connectivity index (χ1v) is 7.57. The number of carboxylic acid groups (broad SMARTS) is 1. The molecule has 0 amide bonds. The molecular formula is C13H14N2O5S. The molecule has 0 aliphatic heterocycles. The van der Waals surface area contributed by atoms with Gasteiger partial charge in [0.25, 0.3) is 10.0 Å². The van der Waals surface area contributed by atoms with E-state index < -0.39 is 16.0 Å². The van der Waals surface area contributed by atoms with Crippen LogP contribution >= 0.6 is 0 Å². The van der Waals surface area contributed by atoms with E-state index in [2.05, 4.69) is 4.72 Å². The molecule has 0 atom stereocenters. The SMILES string of the molecule is CCn1cc(S(=O)(=O)Nc2ccc(O)cc2)cc1C(=O)O. The van der Waals surface area contributed by atoms with E-state index in [1.165, 1.54) is 35.0 Å². The molecule has 1 aromatic carbocycles. The molecule has 1 heterocycles. The molecule has 0 aliphatic carbocycles. The third kappa shape index (κ3) is 3.16. The normalized spacial score (nSPS) is 11.3. The van der Waals surface area contributed by atoms with E-state index in [0.717, 1.165) is 6.07 Å². The number of nitrogens with one attached hydrogen (secondary N) is 1. The number of nitrogens with zero attached hydrogens (tertiary/aromatic N) is 1. The monoisotopic (exact) mass is 310 g/mol. The van der Waals surface area contributed by atoms with E-state index in [1.807, 2.05) is 0 Å². The van der Waals surface area contributed by atoms with E-state index in [9.17, 15) is 13.2 Å². The van der Waals surface area contributed by atoms with Crippen molar-refractivity contribution in [2.24, 2.45) is 0 Å². The van der Waals surface area contributed by atoms with Crippen molar-refractivity contribution in [1.29, 1.82) is 0 Å². The average Bonchev–Trinajstić information content (AvgIpc) is 2.86. The zero-order valence-corrected chi connectivity index (χ0v) is 12.0. The lowest BCUT2D eigenvalue weighted by Crippen LogP contribution is -2.12. The fraction of sp³-hybridized carbons (Fsp3) is 0.154. The number of aromatic nitrogens is 1. The molecule has 0 bridgehead atoms. The van der Waals surface area contributed by atoms with Crippen LogP contribution in [0, 0.1) is 0 Å². The number of rotatable bonds is 5. The maximum Gasteiger partial charge on any atom is 0.352 e. The van der Waals surface area contributed by atoms with Gasteiger partial charge in [-0.2, -0.15) is 0 Å². The summed E-state index contributed by atoms with van der Waals surface area (Å²) in [7, 11) is -3.89. The molecule has 1 aromatic heterocycles. The third-order valence-electron chi connectivity index (χ3n) is 2.86. The molecule has 2 aromatic rings. The van der Waals surface area contributed by atoms with Gasteiger partial charge in [-0.1, -0.05) is 0 Å². The van der Waals surface area contributed by atoms with Crippen molar-refractivity contribution in [3.05, 3.63) is 42.2 Å². The summed E-state index contributed by atoms with van der Waals surface area (Å²) in [5.41, 5.74) is 0.178. The van der Waals surface area contributed by atoms with Crippen LogP contribution < -0.4 is 4.72 Å². The number of aryl methyl sites for hydroxylation is 1. The number of benzene rings is 1. The van der Waals surface area contributed by atoms with Gasteiger partial charge in [-0.25, -0.2) is 13.2 Å². The highest BCUT2D eigenvalue weighted by atomic mass is 32.2. The van der Waals surface area contributed by atoms with Crippen LogP contribution in [0.5, 0.6) is 5.75 Å². The average molecular weight is 310 g/mol. The van der Waals surface area contributed by atoms with Crippen molar-refractivity contribution >= 4 is 21.7 Å². The molecule has 0 aliphatic rings. The van der Waals surface area contributed by atoms with Gasteiger partial charge in [-0.05, 0) is 37.3 Å². The highest BCUT2D eigenvalue weighted by molar-refractivity contribution is 7.92. The largest absolute Gasteiger partial charge is 0.508 e. The van der Waals surface area contributed by atoms with E-state index in [1.54, 1.807) is 6.92 Å². The molecule has 0 saturated heterocycles. The fourth-order valence-corrected chi connectivity index (χ4v) is 2.91. The lowest BCUT2D eigenvalue weighted by Gasteiger charge is -2.06. The van der Waals surface area contributed by atoms with Crippen molar-refractivity contribution in [1.82, 2.24) is 4.57 Å². The van der Waals surface area contributed by atoms with Gasteiger partial charge in [0.15, 0.2) is 0 Å². The number of carboxylic acids is 1. The van der Waals surface area contributed by atoms with Crippen LogP contribution in [-0.4, -0.2) is 29.2 Å². The summed E-state index contributed by atoms with van der Waals surface area (Å²) >= 11 is 0. The van der Waals surface area contributed by atoms with Gasteiger partial charge in [0.05, 0.1) is 0 Å². The Labute approximate surface area is 121 Å². The number of aromatic carboxylic acids is 1. The van der Waals surface area contributed by atoms with E-state index in [-0.39, 0.29) is 22.0 Å². The first-order chi connectivity index (χ1) is 9.83. The Kier molecular flexibility index (Phi) is 3.90. The van der Waals surface area contributed by atoms with E-state index >= 15 is 0 Å². The third-order valence-corrected chi connectivity index (χ3v) is 4.21. The number of sulfonamides is 1. The maximum absolute atomic E-state index is 12.2. The molecule has 8 heteroatoms. The minimum Gasteiger partial charge on any atom is -0.508 e. The number of hydrogen-bond donors (Lipinski definition) is 3. The molecule has 0 unspecified atom stereocenters. The minimum absolute atomic E-state index is 0.0169. The summed E-state index contributed by atoms with van der Waals surface area (Å²) in [5, 5.41) is 18.2. The Hall–Kier alpha value is -2.48. The van der Waals surface area contributed by atoms with Crippen LogP contribution in [0.3, 0.4) is 0 Å². The van der Waals surface area contributed by atoms with Gasteiger partial charge in [0.2, 0.25) is 0 Å². The fourth-order valence-electron chi connectivity index (χ4n) is 1.81. The molecule has 0 radical (unpaired) electrons. The topological polar surface area (TPSA) is 109 Å². The second-order valence-electron chi connectivity index (χ2n) is 4.30. The molecule has 21 heavy (non-hydrogen) atoms. The van der Waals surface area contributed by atoms with Crippen LogP contribution in [0.2, 0.25) is 0 Å². The molecular weight excluding hydrogens is 296 g/mol. The number of hydrogen-bond acceptors (Lipinski definition) is 4. The Bertz CT molecular complexity index is 762. The number of carbonyl (C=O) groups is 1. The van der Waals surface area contributed by atoms with Gasteiger partial charge >= 0.3 is 5.97 Å². The number of anilines is 1. The number of phenols is 1. The molecule has 3 N–H and O–H groups in total.